The van der Waals surface area contributed by atoms with Crippen LogP contribution in [0, 0.1) is 0 Å². The Balaban J connectivity index is 1.72. The third kappa shape index (κ3) is 2.84. The van der Waals surface area contributed by atoms with Gasteiger partial charge in [-0.25, -0.2) is 5.43 Å². The number of aromatic hydroxyl groups is 1. The number of rotatable bonds is 3. The molecular formula is C18H15BrN2O4. The summed E-state index contributed by atoms with van der Waals surface area (Å²) in [5, 5.41) is 15.3. The summed E-state index contributed by atoms with van der Waals surface area (Å²) < 4.78 is 11.5. The fourth-order valence-corrected chi connectivity index (χ4v) is 3.58. The first-order chi connectivity index (χ1) is 12.1. The van der Waals surface area contributed by atoms with Crippen molar-refractivity contribution < 1.29 is 18.7 Å². The summed E-state index contributed by atoms with van der Waals surface area (Å²) in [6, 6.07) is 4.94. The molecule has 1 aliphatic rings. The van der Waals surface area contributed by atoms with Gasteiger partial charge < -0.3 is 13.9 Å². The Morgan fingerprint density at radius 3 is 3.00 bits per heavy atom. The zero-order chi connectivity index (χ0) is 17.4. The zero-order valence-electron chi connectivity index (χ0n) is 13.2. The van der Waals surface area contributed by atoms with Crippen LogP contribution in [0.2, 0.25) is 0 Å². The number of aryl methyl sites for hydroxylation is 2. The van der Waals surface area contributed by atoms with E-state index in [4.69, 9.17) is 8.83 Å². The molecule has 0 spiro atoms. The fraction of sp³-hybridized carbons (Fsp3) is 0.222. The molecule has 2 aromatic heterocycles. The third-order valence-electron chi connectivity index (χ3n) is 4.31. The van der Waals surface area contributed by atoms with Crippen LogP contribution in [0.3, 0.4) is 0 Å². The molecule has 0 saturated carbocycles. The van der Waals surface area contributed by atoms with Crippen LogP contribution in [0.4, 0.5) is 0 Å². The molecule has 25 heavy (non-hydrogen) atoms. The molecule has 2 N–H and O–H groups in total. The molecule has 0 fully saturated rings. The Bertz CT molecular complexity index is 973. The summed E-state index contributed by atoms with van der Waals surface area (Å²) >= 11 is 3.34. The van der Waals surface area contributed by atoms with E-state index in [9.17, 15) is 9.90 Å². The molecule has 6 nitrogen and oxygen atoms in total. The second kappa shape index (κ2) is 6.40. The van der Waals surface area contributed by atoms with Crippen LogP contribution in [0.1, 0.15) is 40.3 Å². The standard InChI is InChI=1S/C18H15BrN2O4/c19-12-8-15-16(10-4-1-2-5-13(10)25-15)11(17(12)22)9-20-21-18(23)14-6-3-7-24-14/h3,6-9,22H,1-2,4-5H2,(H,21,23). The normalized spacial score (nSPS) is 14.1. The van der Waals surface area contributed by atoms with Crippen LogP contribution in [0.5, 0.6) is 5.75 Å². The van der Waals surface area contributed by atoms with Crippen molar-refractivity contribution in [3.63, 3.8) is 0 Å². The van der Waals surface area contributed by atoms with Crippen molar-refractivity contribution >= 4 is 39.0 Å². The van der Waals surface area contributed by atoms with E-state index in [0.717, 1.165) is 42.4 Å². The van der Waals surface area contributed by atoms with E-state index < -0.39 is 5.91 Å². The number of phenolic OH excluding ortho intramolecular Hbond substituents is 1. The Morgan fingerprint density at radius 2 is 2.20 bits per heavy atom. The highest BCUT2D eigenvalue weighted by atomic mass is 79.9. The summed E-state index contributed by atoms with van der Waals surface area (Å²) in [5.74, 6) is 0.744. The van der Waals surface area contributed by atoms with Gasteiger partial charge in [-0.2, -0.15) is 5.10 Å². The molecule has 0 radical (unpaired) electrons. The van der Waals surface area contributed by atoms with E-state index in [1.807, 2.05) is 0 Å². The number of hydrogen-bond acceptors (Lipinski definition) is 5. The van der Waals surface area contributed by atoms with Crippen LogP contribution in [0.15, 0.2) is 42.9 Å². The number of amides is 1. The van der Waals surface area contributed by atoms with Gasteiger partial charge in [0.15, 0.2) is 5.76 Å². The largest absolute Gasteiger partial charge is 0.506 e. The molecule has 1 aliphatic carbocycles. The number of furan rings is 2. The second-order valence-corrected chi connectivity index (χ2v) is 6.74. The van der Waals surface area contributed by atoms with E-state index in [-0.39, 0.29) is 11.5 Å². The van der Waals surface area contributed by atoms with Crippen molar-refractivity contribution in [2.75, 3.05) is 0 Å². The quantitative estimate of drug-likeness (QED) is 0.508. The molecule has 3 aromatic rings. The SMILES string of the molecule is O=C(NN=Cc1c(O)c(Br)cc2oc3c(c12)CCCC3)c1ccco1. The van der Waals surface area contributed by atoms with Gasteiger partial charge in [-0.05, 0) is 53.4 Å². The predicted molar refractivity (Wildman–Crippen MR) is 96.0 cm³/mol. The third-order valence-corrected chi connectivity index (χ3v) is 4.92. The van der Waals surface area contributed by atoms with Gasteiger partial charge in [-0.3, -0.25) is 4.79 Å². The first-order valence-electron chi connectivity index (χ1n) is 7.98. The predicted octanol–water partition coefficient (Wildman–Crippen LogP) is 4.14. The van der Waals surface area contributed by atoms with Gasteiger partial charge >= 0.3 is 5.91 Å². The van der Waals surface area contributed by atoms with Crippen molar-refractivity contribution in [3.8, 4) is 5.75 Å². The van der Waals surface area contributed by atoms with Gasteiger partial charge in [0.2, 0.25) is 0 Å². The van der Waals surface area contributed by atoms with E-state index in [1.54, 1.807) is 18.2 Å². The molecule has 1 amide bonds. The molecule has 0 saturated heterocycles. The number of phenols is 1. The molecular weight excluding hydrogens is 388 g/mol. The van der Waals surface area contributed by atoms with E-state index in [0.29, 0.717) is 15.6 Å². The van der Waals surface area contributed by atoms with E-state index in [2.05, 4.69) is 26.5 Å². The average molecular weight is 403 g/mol. The zero-order valence-corrected chi connectivity index (χ0v) is 14.8. The Kier molecular flexibility index (Phi) is 4.09. The van der Waals surface area contributed by atoms with Gasteiger partial charge in [0, 0.05) is 22.9 Å². The van der Waals surface area contributed by atoms with E-state index in [1.165, 1.54) is 12.5 Å². The van der Waals surface area contributed by atoms with Crippen molar-refractivity contribution in [2.24, 2.45) is 5.10 Å². The minimum atomic E-state index is -0.457. The molecule has 128 valence electrons. The van der Waals surface area contributed by atoms with Gasteiger partial charge in [-0.15, -0.1) is 0 Å². The number of nitrogens with zero attached hydrogens (tertiary/aromatic N) is 1. The number of nitrogens with one attached hydrogen (secondary N) is 1. The minimum absolute atomic E-state index is 0.0673. The number of hydrogen-bond donors (Lipinski definition) is 2. The summed E-state index contributed by atoms with van der Waals surface area (Å²) in [6.07, 6.45) is 6.85. The lowest BCUT2D eigenvalue weighted by Crippen LogP contribution is -2.16. The number of halogens is 1. The topological polar surface area (TPSA) is 88.0 Å². The summed E-state index contributed by atoms with van der Waals surface area (Å²) in [5.41, 5.74) is 4.74. The van der Waals surface area contributed by atoms with Crippen molar-refractivity contribution in [2.45, 2.75) is 25.7 Å². The van der Waals surface area contributed by atoms with Crippen molar-refractivity contribution in [1.29, 1.82) is 0 Å². The van der Waals surface area contributed by atoms with Crippen LogP contribution in [-0.4, -0.2) is 17.2 Å². The Morgan fingerprint density at radius 1 is 1.36 bits per heavy atom. The van der Waals surface area contributed by atoms with Gasteiger partial charge in [0.05, 0.1) is 17.0 Å². The lowest BCUT2D eigenvalue weighted by Gasteiger charge is -2.10. The van der Waals surface area contributed by atoms with Gasteiger partial charge in [0.1, 0.15) is 17.1 Å². The minimum Gasteiger partial charge on any atom is -0.506 e. The maximum Gasteiger partial charge on any atom is 0.307 e. The number of carbonyl (C=O) groups is 1. The Labute approximate surface area is 151 Å². The first kappa shape index (κ1) is 16.0. The maximum absolute atomic E-state index is 11.9. The summed E-state index contributed by atoms with van der Waals surface area (Å²) in [7, 11) is 0. The number of benzene rings is 1. The highest BCUT2D eigenvalue weighted by Crippen LogP contribution is 2.40. The molecule has 2 heterocycles. The highest BCUT2D eigenvalue weighted by molar-refractivity contribution is 9.10. The molecule has 7 heteroatoms. The molecule has 0 unspecified atom stereocenters. The van der Waals surface area contributed by atoms with Crippen LogP contribution < -0.4 is 5.43 Å². The van der Waals surface area contributed by atoms with Gasteiger partial charge in [-0.1, -0.05) is 0 Å². The number of fused-ring (bicyclic) bond motifs is 3. The Hall–Kier alpha value is -2.54. The van der Waals surface area contributed by atoms with Crippen molar-refractivity contribution in [3.05, 3.63) is 51.6 Å². The molecule has 1 aromatic carbocycles. The molecule has 0 bridgehead atoms. The first-order valence-corrected chi connectivity index (χ1v) is 8.77. The number of carbonyl (C=O) groups excluding carboxylic acids is 1. The maximum atomic E-state index is 11.9. The lowest BCUT2D eigenvalue weighted by molar-refractivity contribution is 0.0927. The average Bonchev–Trinajstić information content (AvgIpc) is 3.25. The summed E-state index contributed by atoms with van der Waals surface area (Å²) in [6.45, 7) is 0. The molecule has 0 aliphatic heterocycles. The van der Waals surface area contributed by atoms with Crippen LogP contribution >= 0.6 is 15.9 Å². The van der Waals surface area contributed by atoms with Crippen LogP contribution in [0.25, 0.3) is 11.0 Å². The summed E-state index contributed by atoms with van der Waals surface area (Å²) in [4.78, 5) is 11.9. The number of hydrazone groups is 1. The highest BCUT2D eigenvalue weighted by Gasteiger charge is 2.22. The van der Waals surface area contributed by atoms with Gasteiger partial charge in [0.25, 0.3) is 0 Å². The monoisotopic (exact) mass is 402 g/mol. The van der Waals surface area contributed by atoms with Crippen molar-refractivity contribution in [1.82, 2.24) is 5.43 Å². The smallest absolute Gasteiger partial charge is 0.307 e. The fourth-order valence-electron chi connectivity index (χ4n) is 3.16. The van der Waals surface area contributed by atoms with E-state index >= 15 is 0 Å². The lowest BCUT2D eigenvalue weighted by atomic mass is 9.94. The molecule has 0 atom stereocenters. The second-order valence-electron chi connectivity index (χ2n) is 5.88. The van der Waals surface area contributed by atoms with Crippen LogP contribution in [-0.2, 0) is 12.8 Å². The molecule has 4 rings (SSSR count).